The van der Waals surface area contributed by atoms with E-state index in [9.17, 15) is 0 Å². The molecule has 0 radical (unpaired) electrons. The van der Waals surface area contributed by atoms with Crippen LogP contribution in [0.4, 0.5) is 10.8 Å². The lowest BCUT2D eigenvalue weighted by Gasteiger charge is -2.33. The molecule has 1 aromatic heterocycles. The second-order valence-electron chi connectivity index (χ2n) is 6.04. The van der Waals surface area contributed by atoms with Gasteiger partial charge in [0, 0.05) is 6.04 Å². The molecule has 5 heteroatoms. The number of nitrogens with two attached hydrogens (primary N) is 1. The van der Waals surface area contributed by atoms with Gasteiger partial charge in [-0.25, -0.2) is 0 Å². The minimum absolute atomic E-state index is 0.114. The molecule has 3 atom stereocenters. The first kappa shape index (κ1) is 14.4. The van der Waals surface area contributed by atoms with Crippen molar-refractivity contribution in [1.29, 1.82) is 0 Å². The van der Waals surface area contributed by atoms with E-state index in [0.29, 0.717) is 17.8 Å². The number of anilines is 2. The third-order valence-corrected chi connectivity index (χ3v) is 4.55. The van der Waals surface area contributed by atoms with Crippen LogP contribution >= 0.6 is 11.5 Å². The number of hydrogen-bond donors (Lipinski definition) is 2. The van der Waals surface area contributed by atoms with Gasteiger partial charge in [0.15, 0.2) is 16.6 Å². The van der Waals surface area contributed by atoms with Crippen LogP contribution in [-0.2, 0) is 0 Å². The molecule has 0 spiro atoms. The van der Waals surface area contributed by atoms with E-state index < -0.39 is 0 Å². The second-order valence-corrected chi connectivity index (χ2v) is 6.81. The first-order valence-electron chi connectivity index (χ1n) is 7.15. The maximum Gasteiger partial charge on any atom is 0.197 e. The van der Waals surface area contributed by atoms with Crippen LogP contribution in [-0.4, -0.2) is 16.5 Å². The minimum atomic E-state index is 0.114. The van der Waals surface area contributed by atoms with Crippen molar-refractivity contribution in [1.82, 2.24) is 4.37 Å². The van der Waals surface area contributed by atoms with Crippen molar-refractivity contribution in [3.05, 3.63) is 0 Å². The summed E-state index contributed by atoms with van der Waals surface area (Å²) < 4.78 is 9.98. The SMILES string of the molecule is CC1CCC(Nc2snc(N)c2OC(C)C)C(C)C1. The second kappa shape index (κ2) is 5.99. The molecule has 108 valence electrons. The number of nitrogen functional groups attached to an aromatic ring is 1. The van der Waals surface area contributed by atoms with Crippen molar-refractivity contribution in [3.8, 4) is 5.75 Å². The quantitative estimate of drug-likeness (QED) is 0.883. The Hall–Kier alpha value is -0.970. The average molecular weight is 283 g/mol. The van der Waals surface area contributed by atoms with Gasteiger partial charge in [-0.2, -0.15) is 4.37 Å². The molecule has 3 N–H and O–H groups in total. The lowest BCUT2D eigenvalue weighted by Crippen LogP contribution is -2.32. The fraction of sp³-hybridized carbons (Fsp3) is 0.786. The molecule has 0 aromatic carbocycles. The Kier molecular flexibility index (Phi) is 4.55. The Labute approximate surface area is 119 Å². The van der Waals surface area contributed by atoms with Crippen LogP contribution in [0.5, 0.6) is 5.75 Å². The lowest BCUT2D eigenvalue weighted by atomic mass is 9.80. The summed E-state index contributed by atoms with van der Waals surface area (Å²) in [5.74, 6) is 2.74. The number of nitrogens with zero attached hydrogens (tertiary/aromatic N) is 1. The number of hydrogen-bond acceptors (Lipinski definition) is 5. The van der Waals surface area contributed by atoms with Crippen LogP contribution in [0.15, 0.2) is 0 Å². The van der Waals surface area contributed by atoms with Crippen LogP contribution in [0.1, 0.15) is 47.0 Å². The maximum absolute atomic E-state index is 5.89. The predicted molar refractivity (Wildman–Crippen MR) is 81.9 cm³/mol. The molecular weight excluding hydrogens is 258 g/mol. The Balaban J connectivity index is 2.06. The zero-order valence-corrected chi connectivity index (χ0v) is 13.1. The van der Waals surface area contributed by atoms with Gasteiger partial charge in [0.05, 0.1) is 6.10 Å². The smallest absolute Gasteiger partial charge is 0.197 e. The van der Waals surface area contributed by atoms with Gasteiger partial charge >= 0.3 is 0 Å². The van der Waals surface area contributed by atoms with Crippen LogP contribution in [0, 0.1) is 11.8 Å². The summed E-state index contributed by atoms with van der Waals surface area (Å²) in [6.07, 6.45) is 3.90. The molecule has 1 heterocycles. The molecule has 1 aromatic rings. The zero-order valence-electron chi connectivity index (χ0n) is 12.3. The molecule has 1 saturated carbocycles. The van der Waals surface area contributed by atoms with Gasteiger partial charge in [0.2, 0.25) is 0 Å². The zero-order chi connectivity index (χ0) is 14.0. The lowest BCUT2D eigenvalue weighted by molar-refractivity contribution is 0.243. The third kappa shape index (κ3) is 3.53. The summed E-state index contributed by atoms with van der Waals surface area (Å²) in [6, 6.07) is 0.505. The topological polar surface area (TPSA) is 60.2 Å². The van der Waals surface area contributed by atoms with E-state index in [2.05, 4.69) is 23.5 Å². The van der Waals surface area contributed by atoms with Gasteiger partial charge in [0.1, 0.15) is 0 Å². The summed E-state index contributed by atoms with van der Waals surface area (Å²) in [5.41, 5.74) is 5.89. The van der Waals surface area contributed by atoms with Crippen molar-refractivity contribution < 1.29 is 4.74 Å². The Morgan fingerprint density at radius 3 is 2.74 bits per heavy atom. The number of ether oxygens (including phenoxy) is 1. The van der Waals surface area contributed by atoms with E-state index in [1.54, 1.807) is 0 Å². The highest BCUT2D eigenvalue weighted by molar-refractivity contribution is 7.11. The highest BCUT2D eigenvalue weighted by Crippen LogP contribution is 2.39. The molecule has 0 bridgehead atoms. The summed E-state index contributed by atoms with van der Waals surface area (Å²) in [5, 5.41) is 4.58. The number of aromatic nitrogens is 1. The van der Waals surface area contributed by atoms with Crippen LogP contribution in [0.2, 0.25) is 0 Å². The summed E-state index contributed by atoms with van der Waals surface area (Å²) in [6.45, 7) is 8.67. The van der Waals surface area contributed by atoms with Crippen molar-refractivity contribution in [2.45, 2.75) is 59.1 Å². The first-order valence-corrected chi connectivity index (χ1v) is 7.93. The van der Waals surface area contributed by atoms with E-state index in [4.69, 9.17) is 10.5 Å². The Bertz CT molecular complexity index is 419. The van der Waals surface area contributed by atoms with Gasteiger partial charge in [-0.3, -0.25) is 0 Å². The minimum Gasteiger partial charge on any atom is -0.484 e. The molecule has 1 fully saturated rings. The highest BCUT2D eigenvalue weighted by atomic mass is 32.1. The highest BCUT2D eigenvalue weighted by Gasteiger charge is 2.27. The van der Waals surface area contributed by atoms with Crippen LogP contribution in [0.3, 0.4) is 0 Å². The van der Waals surface area contributed by atoms with Gasteiger partial charge in [0.25, 0.3) is 0 Å². The van der Waals surface area contributed by atoms with Crippen molar-refractivity contribution in [3.63, 3.8) is 0 Å². The Morgan fingerprint density at radius 2 is 2.11 bits per heavy atom. The van der Waals surface area contributed by atoms with Crippen LogP contribution in [0.25, 0.3) is 0 Å². The summed E-state index contributed by atoms with van der Waals surface area (Å²) in [7, 11) is 0. The third-order valence-electron chi connectivity index (χ3n) is 3.78. The molecule has 19 heavy (non-hydrogen) atoms. The molecule has 0 saturated heterocycles. The van der Waals surface area contributed by atoms with E-state index in [0.717, 1.165) is 16.7 Å². The van der Waals surface area contributed by atoms with Gasteiger partial charge in [-0.1, -0.05) is 13.8 Å². The molecule has 3 unspecified atom stereocenters. The van der Waals surface area contributed by atoms with Gasteiger partial charge in [-0.15, -0.1) is 0 Å². The van der Waals surface area contributed by atoms with Crippen molar-refractivity contribution >= 4 is 22.4 Å². The van der Waals surface area contributed by atoms with E-state index in [1.165, 1.54) is 30.8 Å². The fourth-order valence-corrected chi connectivity index (χ4v) is 3.50. The van der Waals surface area contributed by atoms with Crippen molar-refractivity contribution in [2.75, 3.05) is 11.1 Å². The molecule has 2 rings (SSSR count). The number of nitrogens with one attached hydrogen (secondary N) is 1. The van der Waals surface area contributed by atoms with E-state index in [-0.39, 0.29) is 6.10 Å². The Morgan fingerprint density at radius 1 is 1.37 bits per heavy atom. The fourth-order valence-electron chi connectivity index (χ4n) is 2.78. The maximum atomic E-state index is 5.89. The van der Waals surface area contributed by atoms with Crippen LogP contribution < -0.4 is 15.8 Å². The monoisotopic (exact) mass is 283 g/mol. The average Bonchev–Trinajstić information content (AvgIpc) is 2.64. The largest absolute Gasteiger partial charge is 0.484 e. The van der Waals surface area contributed by atoms with Crippen molar-refractivity contribution in [2.24, 2.45) is 11.8 Å². The molecule has 0 amide bonds. The molecule has 1 aliphatic carbocycles. The molecule has 4 nitrogen and oxygen atoms in total. The normalized spacial score (nSPS) is 27.5. The molecular formula is C14H25N3OS. The molecule has 1 aliphatic rings. The van der Waals surface area contributed by atoms with E-state index >= 15 is 0 Å². The van der Waals surface area contributed by atoms with Gasteiger partial charge < -0.3 is 15.8 Å². The predicted octanol–water partition coefficient (Wildman–Crippen LogP) is 3.75. The summed E-state index contributed by atoms with van der Waals surface area (Å²) >= 11 is 1.40. The molecule has 0 aliphatic heterocycles. The summed E-state index contributed by atoms with van der Waals surface area (Å²) in [4.78, 5) is 0. The van der Waals surface area contributed by atoms with E-state index in [1.807, 2.05) is 13.8 Å². The number of rotatable bonds is 4. The standard InChI is InChI=1S/C14H25N3OS/c1-8(2)18-12-13(15)17-19-14(12)16-11-6-5-9(3)7-10(11)4/h8-11,16H,5-7H2,1-4H3,(H2,15,17). The first-order chi connectivity index (χ1) is 8.97. The van der Waals surface area contributed by atoms with Gasteiger partial charge in [-0.05, 0) is 56.5 Å².